The Morgan fingerprint density at radius 1 is 1.56 bits per heavy atom. The van der Waals surface area contributed by atoms with Gasteiger partial charge in [0.2, 0.25) is 0 Å². The molecule has 98 valence electrons. The fourth-order valence-electron chi connectivity index (χ4n) is 2.50. The van der Waals surface area contributed by atoms with Crippen LogP contribution in [-0.4, -0.2) is 17.1 Å². The van der Waals surface area contributed by atoms with Crippen molar-refractivity contribution in [1.82, 2.24) is 5.32 Å². The second kappa shape index (κ2) is 4.43. The minimum Gasteiger partial charge on any atom is -0.480 e. The lowest BCUT2D eigenvalue weighted by Gasteiger charge is -2.11. The van der Waals surface area contributed by atoms with E-state index in [9.17, 15) is 4.79 Å². The molecule has 0 amide bonds. The van der Waals surface area contributed by atoms with Crippen molar-refractivity contribution in [2.45, 2.75) is 44.7 Å². The Morgan fingerprint density at radius 2 is 2.28 bits per heavy atom. The van der Waals surface area contributed by atoms with E-state index in [1.54, 1.807) is 0 Å². The fraction of sp³-hybridized carbons (Fsp3) is 0.643. The molecule has 3 rings (SSSR count). The Hall–Kier alpha value is -1.29. The molecule has 0 bridgehead atoms. The molecule has 1 aromatic rings. The number of furan rings is 1. The maximum Gasteiger partial charge on any atom is 0.320 e. The zero-order valence-corrected chi connectivity index (χ0v) is 10.6. The summed E-state index contributed by atoms with van der Waals surface area (Å²) in [5, 5.41) is 12.2. The van der Waals surface area contributed by atoms with Crippen LogP contribution in [0, 0.1) is 11.8 Å². The maximum atomic E-state index is 11.1. The molecule has 0 saturated heterocycles. The molecule has 2 fully saturated rings. The average molecular weight is 249 g/mol. The first-order chi connectivity index (χ1) is 8.65. The number of rotatable bonds is 6. The predicted molar refractivity (Wildman–Crippen MR) is 66.2 cm³/mol. The Morgan fingerprint density at radius 3 is 2.83 bits per heavy atom. The van der Waals surface area contributed by atoms with Gasteiger partial charge in [-0.2, -0.15) is 0 Å². The van der Waals surface area contributed by atoms with Crippen molar-refractivity contribution < 1.29 is 14.3 Å². The topological polar surface area (TPSA) is 62.5 Å². The summed E-state index contributed by atoms with van der Waals surface area (Å²) in [4.78, 5) is 11.1. The molecule has 3 atom stereocenters. The van der Waals surface area contributed by atoms with Gasteiger partial charge in [-0.25, -0.2) is 0 Å². The molecule has 4 heteroatoms. The number of nitrogens with one attached hydrogen (secondary N) is 1. The van der Waals surface area contributed by atoms with Gasteiger partial charge in [-0.3, -0.25) is 10.1 Å². The van der Waals surface area contributed by atoms with E-state index in [1.807, 2.05) is 12.1 Å². The van der Waals surface area contributed by atoms with E-state index in [4.69, 9.17) is 9.52 Å². The van der Waals surface area contributed by atoms with Crippen molar-refractivity contribution in [1.29, 1.82) is 0 Å². The monoisotopic (exact) mass is 249 g/mol. The Balaban J connectivity index is 1.55. The molecule has 0 spiro atoms. The lowest BCUT2D eigenvalue weighted by molar-refractivity contribution is -0.140. The van der Waals surface area contributed by atoms with Crippen LogP contribution >= 0.6 is 0 Å². The summed E-state index contributed by atoms with van der Waals surface area (Å²) in [5.41, 5.74) is 0. The number of carboxylic acid groups (broad SMARTS) is 1. The third-order valence-electron chi connectivity index (χ3n) is 4.01. The van der Waals surface area contributed by atoms with Crippen LogP contribution in [0.25, 0.3) is 0 Å². The SMILES string of the molecule is CC1CC1c1ccc(CNC(C(=O)O)C2CC2)o1. The van der Waals surface area contributed by atoms with Crippen LogP contribution in [-0.2, 0) is 11.3 Å². The summed E-state index contributed by atoms with van der Waals surface area (Å²) < 4.78 is 5.75. The maximum absolute atomic E-state index is 11.1. The van der Waals surface area contributed by atoms with Gasteiger partial charge in [0.15, 0.2) is 0 Å². The number of hydrogen-bond acceptors (Lipinski definition) is 3. The summed E-state index contributed by atoms with van der Waals surface area (Å²) in [7, 11) is 0. The van der Waals surface area contributed by atoms with Gasteiger partial charge in [0, 0.05) is 5.92 Å². The van der Waals surface area contributed by atoms with Gasteiger partial charge in [0.1, 0.15) is 17.6 Å². The Labute approximate surface area is 106 Å². The highest BCUT2D eigenvalue weighted by atomic mass is 16.4. The van der Waals surface area contributed by atoms with E-state index in [1.165, 1.54) is 6.42 Å². The van der Waals surface area contributed by atoms with Crippen LogP contribution in [0.5, 0.6) is 0 Å². The van der Waals surface area contributed by atoms with Gasteiger partial charge in [-0.05, 0) is 43.2 Å². The van der Waals surface area contributed by atoms with Crippen molar-refractivity contribution in [2.24, 2.45) is 11.8 Å². The molecule has 2 aliphatic carbocycles. The van der Waals surface area contributed by atoms with Gasteiger partial charge in [0.25, 0.3) is 0 Å². The summed E-state index contributed by atoms with van der Waals surface area (Å²) in [6.45, 7) is 2.73. The van der Waals surface area contributed by atoms with Gasteiger partial charge in [-0.1, -0.05) is 6.92 Å². The van der Waals surface area contributed by atoms with Gasteiger partial charge in [-0.15, -0.1) is 0 Å². The summed E-state index contributed by atoms with van der Waals surface area (Å²) in [6.07, 6.45) is 3.25. The fourth-order valence-corrected chi connectivity index (χ4v) is 2.50. The quantitative estimate of drug-likeness (QED) is 0.812. The van der Waals surface area contributed by atoms with Gasteiger partial charge < -0.3 is 9.52 Å². The summed E-state index contributed by atoms with van der Waals surface area (Å²) >= 11 is 0. The van der Waals surface area contributed by atoms with E-state index < -0.39 is 12.0 Å². The average Bonchev–Trinajstić information content (AvgIpc) is 3.22. The van der Waals surface area contributed by atoms with Crippen molar-refractivity contribution >= 4 is 5.97 Å². The highest BCUT2D eigenvalue weighted by Gasteiger charge is 2.37. The van der Waals surface area contributed by atoms with Crippen LogP contribution in [0.2, 0.25) is 0 Å². The Kier molecular flexibility index (Phi) is 2.90. The molecule has 1 heterocycles. The van der Waals surface area contributed by atoms with Crippen LogP contribution < -0.4 is 5.32 Å². The minimum atomic E-state index is -0.750. The first-order valence-corrected chi connectivity index (χ1v) is 6.70. The first-order valence-electron chi connectivity index (χ1n) is 6.70. The Bertz CT molecular complexity index is 450. The predicted octanol–water partition coefficient (Wildman–Crippen LogP) is 2.36. The van der Waals surface area contributed by atoms with Crippen molar-refractivity contribution in [3.8, 4) is 0 Å². The normalized spacial score (nSPS) is 28.1. The zero-order valence-electron chi connectivity index (χ0n) is 10.6. The van der Waals surface area contributed by atoms with E-state index in [0.29, 0.717) is 18.4 Å². The molecule has 2 saturated carbocycles. The number of aliphatic carboxylic acids is 1. The summed E-state index contributed by atoms with van der Waals surface area (Å²) in [6, 6.07) is 3.57. The molecular formula is C14H19NO3. The lowest BCUT2D eigenvalue weighted by Crippen LogP contribution is -2.37. The molecule has 18 heavy (non-hydrogen) atoms. The van der Waals surface area contributed by atoms with Crippen LogP contribution in [0.15, 0.2) is 16.5 Å². The number of carboxylic acids is 1. The first kappa shape index (κ1) is 11.8. The molecular weight excluding hydrogens is 230 g/mol. The van der Waals surface area contributed by atoms with Crippen molar-refractivity contribution in [3.63, 3.8) is 0 Å². The molecule has 0 aromatic carbocycles. The number of carbonyl (C=O) groups is 1. The van der Waals surface area contributed by atoms with E-state index in [-0.39, 0.29) is 0 Å². The molecule has 2 N–H and O–H groups in total. The molecule has 3 unspecified atom stereocenters. The second-order valence-electron chi connectivity index (χ2n) is 5.66. The second-order valence-corrected chi connectivity index (χ2v) is 5.66. The minimum absolute atomic E-state index is 0.306. The largest absolute Gasteiger partial charge is 0.480 e. The van der Waals surface area contributed by atoms with Crippen molar-refractivity contribution in [3.05, 3.63) is 23.7 Å². The summed E-state index contributed by atoms with van der Waals surface area (Å²) in [5.74, 6) is 2.77. The van der Waals surface area contributed by atoms with Gasteiger partial charge >= 0.3 is 5.97 Å². The third-order valence-corrected chi connectivity index (χ3v) is 4.01. The van der Waals surface area contributed by atoms with Crippen molar-refractivity contribution in [2.75, 3.05) is 0 Å². The highest BCUT2D eigenvalue weighted by Crippen LogP contribution is 2.47. The molecule has 0 radical (unpaired) electrons. The highest BCUT2D eigenvalue weighted by molar-refractivity contribution is 5.74. The molecule has 4 nitrogen and oxygen atoms in total. The molecule has 2 aliphatic rings. The smallest absolute Gasteiger partial charge is 0.320 e. The van der Waals surface area contributed by atoms with E-state index >= 15 is 0 Å². The van der Waals surface area contributed by atoms with Gasteiger partial charge in [0.05, 0.1) is 6.54 Å². The number of hydrogen-bond donors (Lipinski definition) is 2. The van der Waals surface area contributed by atoms with Crippen LogP contribution in [0.1, 0.15) is 43.6 Å². The molecule has 0 aliphatic heterocycles. The lowest BCUT2D eigenvalue weighted by atomic mass is 10.2. The third kappa shape index (κ3) is 2.43. The van der Waals surface area contributed by atoms with Crippen LogP contribution in [0.4, 0.5) is 0 Å². The zero-order chi connectivity index (χ0) is 12.7. The standard InChI is InChI=1S/C14H19NO3/c1-8-6-11(8)12-5-4-10(18-12)7-15-13(14(16)17)9-2-3-9/h4-5,8-9,11,13,15H,2-3,6-7H2,1H3,(H,16,17). The van der Waals surface area contributed by atoms with E-state index in [2.05, 4.69) is 12.2 Å². The van der Waals surface area contributed by atoms with Crippen LogP contribution in [0.3, 0.4) is 0 Å². The van der Waals surface area contributed by atoms with E-state index in [0.717, 1.165) is 30.3 Å². The molecule has 1 aromatic heterocycles.